The van der Waals surface area contributed by atoms with Crippen LogP contribution >= 0.6 is 0 Å². The number of ether oxygens (including phenoxy) is 2. The molecule has 4 heterocycles. The largest absolute Gasteiger partial charge is 0.463 e. The number of nitrogens with zero attached hydrogens (tertiary/aromatic N) is 2. The highest BCUT2D eigenvalue weighted by atomic mass is 16.5. The second-order valence-corrected chi connectivity index (χ2v) is 12.2. The van der Waals surface area contributed by atoms with Crippen molar-refractivity contribution in [3.8, 4) is 0 Å². The summed E-state index contributed by atoms with van der Waals surface area (Å²) >= 11 is 0. The van der Waals surface area contributed by atoms with Crippen molar-refractivity contribution in [2.75, 3.05) is 19.8 Å². The van der Waals surface area contributed by atoms with E-state index in [2.05, 4.69) is 5.32 Å². The number of allylic oxidation sites excluding steroid dienone is 1. The van der Waals surface area contributed by atoms with Crippen molar-refractivity contribution in [3.63, 3.8) is 0 Å². The molecular weight excluding hydrogens is 538 g/mol. The van der Waals surface area contributed by atoms with Gasteiger partial charge >= 0.3 is 5.97 Å². The van der Waals surface area contributed by atoms with E-state index in [0.29, 0.717) is 13.0 Å². The van der Waals surface area contributed by atoms with Crippen LogP contribution in [-0.2, 0) is 28.7 Å². The number of rotatable bonds is 5. The van der Waals surface area contributed by atoms with Gasteiger partial charge < -0.3 is 29.7 Å². The first-order valence-electron chi connectivity index (χ1n) is 14.9. The average Bonchev–Trinajstić information content (AvgIpc) is 3.34. The third-order valence-electron chi connectivity index (χ3n) is 8.97. The number of carbonyl (C=O) groups excluding carboxylic acids is 4. The second kappa shape index (κ2) is 12.0. The Bertz CT molecular complexity index is 1260. The van der Waals surface area contributed by atoms with E-state index >= 15 is 0 Å². The van der Waals surface area contributed by atoms with E-state index < -0.39 is 47.6 Å². The number of hydrogen-bond donors (Lipinski definition) is 2. The van der Waals surface area contributed by atoms with Crippen molar-refractivity contribution in [2.24, 2.45) is 17.8 Å². The molecule has 4 aliphatic rings. The predicted molar refractivity (Wildman–Crippen MR) is 154 cm³/mol. The Morgan fingerprint density at radius 2 is 1.79 bits per heavy atom. The summed E-state index contributed by atoms with van der Waals surface area (Å²) in [5, 5.41) is 13.5. The molecule has 1 aromatic carbocycles. The van der Waals surface area contributed by atoms with Crippen LogP contribution in [0.3, 0.4) is 0 Å². The average molecular weight is 580 g/mol. The molecule has 0 unspecified atom stereocenters. The lowest BCUT2D eigenvalue weighted by Crippen LogP contribution is -2.59. The first kappa shape index (κ1) is 30.0. The van der Waals surface area contributed by atoms with Crippen LogP contribution in [0.15, 0.2) is 54.6 Å². The zero-order chi connectivity index (χ0) is 30.2. The lowest BCUT2D eigenvalue weighted by molar-refractivity contribution is -0.153. The van der Waals surface area contributed by atoms with Gasteiger partial charge in [0.25, 0.3) is 0 Å². The molecule has 3 amide bonds. The Balaban J connectivity index is 1.62. The molecule has 0 radical (unpaired) electrons. The number of nitrogens with one attached hydrogen (secondary N) is 1. The summed E-state index contributed by atoms with van der Waals surface area (Å²) in [6, 6.07) is 6.75. The van der Waals surface area contributed by atoms with Gasteiger partial charge in [-0.1, -0.05) is 68.5 Å². The van der Waals surface area contributed by atoms with Crippen molar-refractivity contribution in [3.05, 3.63) is 60.2 Å². The summed E-state index contributed by atoms with van der Waals surface area (Å²) in [6.45, 7) is 7.57. The molecule has 42 heavy (non-hydrogen) atoms. The highest BCUT2D eigenvalue weighted by Gasteiger charge is 2.72. The van der Waals surface area contributed by atoms with E-state index in [1.165, 1.54) is 4.90 Å². The lowest BCUT2D eigenvalue weighted by atomic mass is 9.77. The van der Waals surface area contributed by atoms with Gasteiger partial charge in [-0.3, -0.25) is 19.2 Å². The van der Waals surface area contributed by atoms with Crippen LogP contribution in [0.1, 0.15) is 52.1 Å². The summed E-state index contributed by atoms with van der Waals surface area (Å²) in [6.07, 6.45) is 6.85. The van der Waals surface area contributed by atoms with Crippen molar-refractivity contribution in [1.82, 2.24) is 15.1 Å². The number of esters is 1. The normalized spacial score (nSPS) is 33.3. The van der Waals surface area contributed by atoms with E-state index in [-0.39, 0.29) is 49.4 Å². The molecule has 1 spiro atoms. The molecule has 7 atom stereocenters. The first-order chi connectivity index (χ1) is 20.1. The number of hydrogen-bond acceptors (Lipinski definition) is 7. The zero-order valence-corrected chi connectivity index (χ0v) is 24.6. The monoisotopic (exact) mass is 579 g/mol. The fourth-order valence-corrected chi connectivity index (χ4v) is 6.84. The predicted octanol–water partition coefficient (Wildman–Crippen LogP) is 2.14. The molecule has 4 aliphatic heterocycles. The van der Waals surface area contributed by atoms with Gasteiger partial charge in [0.2, 0.25) is 17.7 Å². The molecule has 0 saturated carbocycles. The first-order valence-corrected chi connectivity index (χ1v) is 14.9. The fraction of sp³-hybridized carbons (Fsp3) is 0.562. The summed E-state index contributed by atoms with van der Waals surface area (Å²) < 4.78 is 12.2. The lowest BCUT2D eigenvalue weighted by Gasteiger charge is -2.40. The van der Waals surface area contributed by atoms with E-state index in [1.807, 2.05) is 64.1 Å². The fourth-order valence-electron chi connectivity index (χ4n) is 6.84. The molecule has 5 rings (SSSR count). The maximum atomic E-state index is 14.5. The van der Waals surface area contributed by atoms with Crippen LogP contribution in [0, 0.1) is 17.8 Å². The van der Waals surface area contributed by atoms with Crippen molar-refractivity contribution < 1.29 is 33.8 Å². The highest BCUT2D eigenvalue weighted by molar-refractivity contribution is 6.00. The number of likely N-dealkylation sites (tertiary alicyclic amines) is 1. The van der Waals surface area contributed by atoms with E-state index in [1.54, 1.807) is 23.1 Å². The number of carbonyl (C=O) groups is 4. The maximum Gasteiger partial charge on any atom is 0.306 e. The standard InChI is InChI=1S/C32H41N3O7/c1-19(2)23(17-36)35-28-31(40)34(20(3)4)16-10-15-32(28)27(30(35)39)26-24(42-32)13-8-9-14-25(37)41-18-22(33-29(26)38)21-11-6-5-7-12-21/h5-8,10-13,15,19-20,22-24,26-28,36H,9,14,16-18H2,1-4H3,(H,33,38)/b13-8-/t22-,23+,24+,26-,27-,28+,32-/m1/s1. The topological polar surface area (TPSA) is 125 Å². The number of aliphatic hydroxyl groups excluding tert-OH is 1. The molecule has 0 aromatic heterocycles. The smallest absolute Gasteiger partial charge is 0.306 e. The summed E-state index contributed by atoms with van der Waals surface area (Å²) in [7, 11) is 0. The van der Waals surface area contributed by atoms with Crippen molar-refractivity contribution >= 4 is 23.7 Å². The molecule has 2 fully saturated rings. The zero-order valence-electron chi connectivity index (χ0n) is 24.6. The molecule has 0 aliphatic carbocycles. The molecule has 10 heteroatoms. The van der Waals surface area contributed by atoms with Crippen molar-refractivity contribution in [1.29, 1.82) is 0 Å². The van der Waals surface area contributed by atoms with Gasteiger partial charge in [0, 0.05) is 19.0 Å². The van der Waals surface area contributed by atoms with Gasteiger partial charge in [-0.15, -0.1) is 0 Å². The van der Waals surface area contributed by atoms with Crippen LogP contribution in [0.5, 0.6) is 0 Å². The Labute approximate surface area is 246 Å². The number of amides is 3. The van der Waals surface area contributed by atoms with Crippen LogP contribution in [-0.4, -0.2) is 88.2 Å². The number of aliphatic hydroxyl groups is 1. The Kier molecular flexibility index (Phi) is 8.57. The Morgan fingerprint density at radius 3 is 2.45 bits per heavy atom. The molecule has 1 aromatic rings. The summed E-state index contributed by atoms with van der Waals surface area (Å²) in [5.74, 6) is -3.58. The van der Waals surface area contributed by atoms with Gasteiger partial charge in [0.1, 0.15) is 18.2 Å². The molecule has 10 nitrogen and oxygen atoms in total. The minimum Gasteiger partial charge on any atom is -0.463 e. The third kappa shape index (κ3) is 5.15. The van der Waals surface area contributed by atoms with Gasteiger partial charge in [0.05, 0.1) is 36.6 Å². The summed E-state index contributed by atoms with van der Waals surface area (Å²) in [5.41, 5.74) is -0.655. The van der Waals surface area contributed by atoms with Crippen LogP contribution in [0.2, 0.25) is 0 Å². The van der Waals surface area contributed by atoms with Crippen LogP contribution in [0.4, 0.5) is 0 Å². The van der Waals surface area contributed by atoms with Gasteiger partial charge in [-0.25, -0.2) is 0 Å². The Hall–Kier alpha value is -3.50. The quantitative estimate of drug-likeness (QED) is 0.405. The van der Waals surface area contributed by atoms with E-state index in [4.69, 9.17) is 9.47 Å². The number of cyclic esters (lactones) is 1. The van der Waals surface area contributed by atoms with Crippen molar-refractivity contribution in [2.45, 2.75) is 76.4 Å². The van der Waals surface area contributed by atoms with Gasteiger partial charge in [0.15, 0.2) is 0 Å². The highest BCUT2D eigenvalue weighted by Crippen LogP contribution is 2.53. The SMILES string of the molecule is CC(C)[C@H](CO)N1C(=O)[C@H]2[C@@H]3C(=O)N[C@@H](c4ccccc4)COC(=O)CC/C=C\[C@@H]3O[C@]23C=CCN(C(C)C)C(=O)[C@H]13. The molecule has 2 N–H and O–H groups in total. The number of fused-ring (bicyclic) bond motifs is 2. The van der Waals surface area contributed by atoms with Gasteiger partial charge in [-0.05, 0) is 31.7 Å². The molecule has 0 bridgehead atoms. The minimum atomic E-state index is -1.41. The molecule has 2 saturated heterocycles. The van der Waals surface area contributed by atoms with E-state index in [0.717, 1.165) is 5.56 Å². The van der Waals surface area contributed by atoms with Gasteiger partial charge in [-0.2, -0.15) is 0 Å². The molecule has 226 valence electrons. The minimum absolute atomic E-state index is 0.0588. The second-order valence-electron chi connectivity index (χ2n) is 12.2. The Morgan fingerprint density at radius 1 is 1.05 bits per heavy atom. The van der Waals surface area contributed by atoms with E-state index in [9.17, 15) is 24.3 Å². The number of benzene rings is 1. The third-order valence-corrected chi connectivity index (χ3v) is 8.97. The van der Waals surface area contributed by atoms with Crippen LogP contribution < -0.4 is 5.32 Å². The molecular formula is C32H41N3O7. The maximum absolute atomic E-state index is 14.5. The van der Waals surface area contributed by atoms with Crippen LogP contribution in [0.25, 0.3) is 0 Å². The summed E-state index contributed by atoms with van der Waals surface area (Å²) in [4.78, 5) is 58.6.